The molecule has 6 nitrogen and oxygen atoms in total. The van der Waals surface area contributed by atoms with Gasteiger partial charge in [-0.1, -0.05) is 11.8 Å². The molecule has 1 aromatic carbocycles. The maximum Gasteiger partial charge on any atom is 0.253 e. The van der Waals surface area contributed by atoms with Crippen LogP contribution < -0.4 is 5.32 Å². The molecule has 2 heterocycles. The van der Waals surface area contributed by atoms with Gasteiger partial charge in [0, 0.05) is 28.8 Å². The van der Waals surface area contributed by atoms with Crippen LogP contribution in [0.5, 0.6) is 0 Å². The van der Waals surface area contributed by atoms with E-state index in [1.54, 1.807) is 16.3 Å². The van der Waals surface area contributed by atoms with Crippen molar-refractivity contribution in [3.63, 3.8) is 0 Å². The minimum atomic E-state index is -0.0784. The minimum absolute atomic E-state index is 0.0784. The van der Waals surface area contributed by atoms with Crippen LogP contribution >= 0.6 is 11.8 Å². The van der Waals surface area contributed by atoms with E-state index in [1.807, 2.05) is 38.1 Å². The fraction of sp³-hybridized carbons (Fsp3) is 0.200. The van der Waals surface area contributed by atoms with Gasteiger partial charge in [-0.05, 0) is 38.1 Å². The Balaban J connectivity index is 1.94. The summed E-state index contributed by atoms with van der Waals surface area (Å²) in [6.45, 7) is 5.48. The molecule has 0 saturated carbocycles. The second kappa shape index (κ2) is 5.76. The summed E-state index contributed by atoms with van der Waals surface area (Å²) in [7, 11) is 0. The molecule has 1 amide bonds. The van der Waals surface area contributed by atoms with Crippen molar-refractivity contribution in [3.8, 4) is 0 Å². The van der Waals surface area contributed by atoms with Gasteiger partial charge in [0.15, 0.2) is 0 Å². The molecule has 3 aromatic rings. The number of aromatic nitrogens is 4. The number of carbonyl (C=O) groups excluding carboxylic acids is 1. The zero-order valence-corrected chi connectivity index (χ0v) is 13.3. The number of nitrogens with one attached hydrogen (secondary N) is 1. The molecule has 0 atom stereocenters. The summed E-state index contributed by atoms with van der Waals surface area (Å²) in [5.41, 5.74) is 2.80. The number of hydrogen-bond donors (Lipinski definition) is 1. The maximum atomic E-state index is 11.0. The second-order valence-corrected chi connectivity index (χ2v) is 5.97. The first-order chi connectivity index (χ1) is 10.5. The number of fused-ring (bicyclic) bond motifs is 1. The summed E-state index contributed by atoms with van der Waals surface area (Å²) in [5.74, 6) is 0.519. The van der Waals surface area contributed by atoms with Gasteiger partial charge in [0.05, 0.1) is 0 Å². The second-order valence-electron chi connectivity index (χ2n) is 4.91. The number of amides is 1. The molecule has 0 aliphatic rings. The van der Waals surface area contributed by atoms with Crippen LogP contribution in [0.15, 0.2) is 40.5 Å². The lowest BCUT2D eigenvalue weighted by atomic mass is 10.3. The Hall–Kier alpha value is -2.41. The predicted molar refractivity (Wildman–Crippen MR) is 85.1 cm³/mol. The number of rotatable bonds is 3. The molecular weight excluding hydrogens is 298 g/mol. The van der Waals surface area contributed by atoms with Crippen LogP contribution in [0, 0.1) is 13.8 Å². The summed E-state index contributed by atoms with van der Waals surface area (Å²) in [4.78, 5) is 20.7. The Morgan fingerprint density at radius 3 is 2.64 bits per heavy atom. The van der Waals surface area contributed by atoms with Gasteiger partial charge >= 0.3 is 0 Å². The van der Waals surface area contributed by atoms with Crippen molar-refractivity contribution >= 4 is 29.1 Å². The lowest BCUT2D eigenvalue weighted by molar-refractivity contribution is -0.114. The molecule has 0 saturated heterocycles. The molecule has 1 N–H and O–H groups in total. The quantitative estimate of drug-likeness (QED) is 0.753. The number of anilines is 1. The zero-order chi connectivity index (χ0) is 15.7. The molecule has 22 heavy (non-hydrogen) atoms. The van der Waals surface area contributed by atoms with E-state index in [-0.39, 0.29) is 5.91 Å². The third-order valence-electron chi connectivity index (χ3n) is 3.24. The van der Waals surface area contributed by atoms with Gasteiger partial charge in [0.1, 0.15) is 11.4 Å². The van der Waals surface area contributed by atoms with Crippen molar-refractivity contribution in [1.29, 1.82) is 0 Å². The monoisotopic (exact) mass is 313 g/mol. The van der Waals surface area contributed by atoms with E-state index in [9.17, 15) is 4.79 Å². The van der Waals surface area contributed by atoms with Crippen LogP contribution in [0.25, 0.3) is 5.78 Å². The van der Waals surface area contributed by atoms with Gasteiger partial charge in [-0.25, -0.2) is 4.98 Å². The number of carbonyl (C=O) groups is 1. The largest absolute Gasteiger partial charge is 0.326 e. The molecular formula is C15H15N5OS. The predicted octanol–water partition coefficient (Wildman–Crippen LogP) is 2.85. The minimum Gasteiger partial charge on any atom is -0.326 e. The standard InChI is InChI=1S/C15H15N5OS/c1-9-10(2)18-15-16-8-17-20(15)14(9)22-13-6-4-12(5-7-13)19-11(3)21/h4-8H,1-3H3,(H,19,21). The normalized spacial score (nSPS) is 10.9. The van der Waals surface area contributed by atoms with E-state index in [0.29, 0.717) is 5.78 Å². The van der Waals surface area contributed by atoms with E-state index in [2.05, 4.69) is 20.4 Å². The van der Waals surface area contributed by atoms with Gasteiger partial charge in [0.25, 0.3) is 5.78 Å². The van der Waals surface area contributed by atoms with Crippen LogP contribution in [-0.4, -0.2) is 25.5 Å². The first-order valence-corrected chi connectivity index (χ1v) is 7.58. The first-order valence-electron chi connectivity index (χ1n) is 6.77. The number of hydrogen-bond acceptors (Lipinski definition) is 5. The third-order valence-corrected chi connectivity index (χ3v) is 4.42. The summed E-state index contributed by atoms with van der Waals surface area (Å²) in [6, 6.07) is 7.69. The molecule has 0 aliphatic heterocycles. The van der Waals surface area contributed by atoms with Crippen LogP contribution in [-0.2, 0) is 4.79 Å². The summed E-state index contributed by atoms with van der Waals surface area (Å²) in [6.07, 6.45) is 1.51. The van der Waals surface area contributed by atoms with Crippen molar-refractivity contribution < 1.29 is 4.79 Å². The molecule has 0 spiro atoms. The van der Waals surface area contributed by atoms with Gasteiger partial charge in [-0.15, -0.1) is 0 Å². The summed E-state index contributed by atoms with van der Waals surface area (Å²) in [5, 5.41) is 7.99. The van der Waals surface area contributed by atoms with Gasteiger partial charge in [0.2, 0.25) is 5.91 Å². The van der Waals surface area contributed by atoms with E-state index in [4.69, 9.17) is 0 Å². The summed E-state index contributed by atoms with van der Waals surface area (Å²) >= 11 is 1.60. The van der Waals surface area contributed by atoms with E-state index in [0.717, 1.165) is 26.9 Å². The Bertz CT molecular complexity index is 841. The van der Waals surface area contributed by atoms with Crippen molar-refractivity contribution in [1.82, 2.24) is 19.6 Å². The topological polar surface area (TPSA) is 72.2 Å². The molecule has 7 heteroatoms. The molecule has 3 rings (SSSR count). The van der Waals surface area contributed by atoms with Crippen molar-refractivity contribution in [2.75, 3.05) is 5.32 Å². The zero-order valence-electron chi connectivity index (χ0n) is 12.5. The lowest BCUT2D eigenvalue weighted by Gasteiger charge is -2.10. The number of nitrogens with zero attached hydrogens (tertiary/aromatic N) is 4. The molecule has 112 valence electrons. The molecule has 0 radical (unpaired) electrons. The highest BCUT2D eigenvalue weighted by Crippen LogP contribution is 2.31. The molecule has 0 aliphatic carbocycles. The average molecular weight is 313 g/mol. The molecule has 0 unspecified atom stereocenters. The van der Waals surface area contributed by atoms with Gasteiger partial charge < -0.3 is 5.32 Å². The van der Waals surface area contributed by atoms with Crippen LogP contribution in [0.1, 0.15) is 18.2 Å². The fourth-order valence-corrected chi connectivity index (χ4v) is 3.05. The third kappa shape index (κ3) is 2.80. The first kappa shape index (κ1) is 14.5. The number of benzene rings is 1. The van der Waals surface area contributed by atoms with Crippen LogP contribution in [0.2, 0.25) is 0 Å². The smallest absolute Gasteiger partial charge is 0.253 e. The number of aryl methyl sites for hydroxylation is 1. The highest BCUT2D eigenvalue weighted by atomic mass is 32.2. The average Bonchev–Trinajstić information content (AvgIpc) is 2.93. The lowest BCUT2D eigenvalue weighted by Crippen LogP contribution is -2.05. The van der Waals surface area contributed by atoms with Crippen molar-refractivity contribution in [3.05, 3.63) is 41.9 Å². The maximum absolute atomic E-state index is 11.0. The molecule has 0 bridgehead atoms. The van der Waals surface area contributed by atoms with E-state index in [1.165, 1.54) is 13.3 Å². The van der Waals surface area contributed by atoms with Gasteiger partial charge in [-0.3, -0.25) is 4.79 Å². The summed E-state index contributed by atoms with van der Waals surface area (Å²) < 4.78 is 1.74. The van der Waals surface area contributed by atoms with Gasteiger partial charge in [-0.2, -0.15) is 14.6 Å². The highest BCUT2D eigenvalue weighted by Gasteiger charge is 2.12. The Morgan fingerprint density at radius 2 is 1.95 bits per heavy atom. The SMILES string of the molecule is CC(=O)Nc1ccc(Sc2c(C)c(C)nc3ncnn23)cc1. The highest BCUT2D eigenvalue weighted by molar-refractivity contribution is 7.99. The molecule has 2 aromatic heterocycles. The Kier molecular flexibility index (Phi) is 3.81. The molecule has 0 fully saturated rings. The fourth-order valence-electron chi connectivity index (χ4n) is 2.04. The van der Waals surface area contributed by atoms with Crippen molar-refractivity contribution in [2.24, 2.45) is 0 Å². The Morgan fingerprint density at radius 1 is 1.23 bits per heavy atom. The van der Waals surface area contributed by atoms with Crippen LogP contribution in [0.3, 0.4) is 0 Å². The van der Waals surface area contributed by atoms with E-state index < -0.39 is 0 Å². The Labute approximate surface area is 132 Å². The van der Waals surface area contributed by atoms with E-state index >= 15 is 0 Å². The van der Waals surface area contributed by atoms with Crippen molar-refractivity contribution in [2.45, 2.75) is 30.7 Å². The van der Waals surface area contributed by atoms with Crippen LogP contribution in [0.4, 0.5) is 5.69 Å².